The van der Waals surface area contributed by atoms with Crippen LogP contribution in [0, 0.1) is 0 Å². The number of piperazine rings is 1. The van der Waals surface area contributed by atoms with Crippen LogP contribution in [0.3, 0.4) is 0 Å². The Bertz CT molecular complexity index is 1320. The summed E-state index contributed by atoms with van der Waals surface area (Å²) in [5.74, 6) is 0.643. The van der Waals surface area contributed by atoms with Crippen LogP contribution in [-0.4, -0.2) is 78.8 Å². The van der Waals surface area contributed by atoms with Crippen LogP contribution in [0.2, 0.25) is 5.02 Å². The highest BCUT2D eigenvalue weighted by Gasteiger charge is 2.26. The minimum Gasteiger partial charge on any atom is -0.338 e. The molecule has 2 aromatic carbocycles. The van der Waals surface area contributed by atoms with Gasteiger partial charge in [-0.1, -0.05) is 35.9 Å². The summed E-state index contributed by atoms with van der Waals surface area (Å²) in [6.45, 7) is 7.54. The summed E-state index contributed by atoms with van der Waals surface area (Å²) in [4.78, 5) is 13.8. The highest BCUT2D eigenvalue weighted by atomic mass is 35.5. The van der Waals surface area contributed by atoms with E-state index in [4.69, 9.17) is 11.6 Å². The monoisotopic (exact) mass is 543 g/mol. The predicted molar refractivity (Wildman–Crippen MR) is 149 cm³/mol. The second-order valence-electron chi connectivity index (χ2n) is 9.68. The van der Waals surface area contributed by atoms with Crippen molar-refractivity contribution >= 4 is 44.8 Å². The summed E-state index contributed by atoms with van der Waals surface area (Å²) in [7, 11) is 1.51. The number of nitrogens with zero attached hydrogens (tertiary/aromatic N) is 5. The van der Waals surface area contributed by atoms with Crippen LogP contribution in [-0.2, 0) is 16.6 Å². The molecule has 1 saturated heterocycles. The molecule has 1 aliphatic heterocycles. The highest BCUT2D eigenvalue weighted by Crippen LogP contribution is 2.30. The average Bonchev–Trinajstić information content (AvgIpc) is 2.86. The van der Waals surface area contributed by atoms with E-state index in [9.17, 15) is 8.42 Å². The molecule has 0 spiro atoms. The zero-order valence-corrected chi connectivity index (χ0v) is 23.4. The van der Waals surface area contributed by atoms with E-state index >= 15 is 0 Å². The lowest BCUT2D eigenvalue weighted by Gasteiger charge is -2.42. The lowest BCUT2D eigenvalue weighted by molar-refractivity contribution is 0.0556. The zero-order chi connectivity index (χ0) is 26.7. The Morgan fingerprint density at radius 1 is 1.03 bits per heavy atom. The van der Waals surface area contributed by atoms with E-state index in [-0.39, 0.29) is 9.92 Å². The van der Waals surface area contributed by atoms with E-state index in [1.165, 1.54) is 31.9 Å². The van der Waals surface area contributed by atoms with E-state index in [0.717, 1.165) is 29.6 Å². The number of rotatable bonds is 8. The molecule has 1 aliphatic rings. The van der Waals surface area contributed by atoms with Crippen LogP contribution in [0.25, 0.3) is 0 Å². The third kappa shape index (κ3) is 6.39. The Balaban J connectivity index is 1.46. The first-order valence-electron chi connectivity index (χ1n) is 12.2. The van der Waals surface area contributed by atoms with Crippen molar-refractivity contribution in [2.45, 2.75) is 37.4 Å². The van der Waals surface area contributed by atoms with Crippen LogP contribution in [0.4, 0.5) is 23.1 Å². The van der Waals surface area contributed by atoms with Crippen LogP contribution in [0.1, 0.15) is 19.4 Å². The van der Waals surface area contributed by atoms with Gasteiger partial charge in [-0.3, -0.25) is 9.80 Å². The Kier molecular flexibility index (Phi) is 8.35. The van der Waals surface area contributed by atoms with Gasteiger partial charge in [-0.2, -0.15) is 4.98 Å². The largest absolute Gasteiger partial charge is 0.338 e. The summed E-state index contributed by atoms with van der Waals surface area (Å²) in [5.41, 5.74) is 2.46. The number of hydrogen-bond donors (Lipinski definition) is 2. The third-order valence-corrected chi connectivity index (χ3v) is 8.84. The van der Waals surface area contributed by atoms with Crippen molar-refractivity contribution in [3.8, 4) is 0 Å². The van der Waals surface area contributed by atoms with Gasteiger partial charge in [0.05, 0.1) is 11.9 Å². The standard InChI is InChI=1S/C26H34ClN7O2S/c1-18-15-34(16-19(2)33(18)5)17-20-10-12-21(13-11-20)29-26-28-14-22(27)25(31-26)30-23-8-6-7-9-24(23)37(35,36)32(3)4/h6-14,18-19H,15-17H2,1-5H3,(H2,28,29,30,31)/t18-,19+. The minimum atomic E-state index is -3.66. The minimum absolute atomic E-state index is 0.129. The summed E-state index contributed by atoms with van der Waals surface area (Å²) in [6, 6.07) is 15.9. The molecule has 0 aliphatic carbocycles. The fraction of sp³-hybridized carbons (Fsp3) is 0.385. The Hall–Kier alpha value is -2.76. The van der Waals surface area contributed by atoms with Crippen LogP contribution >= 0.6 is 11.6 Å². The first-order chi connectivity index (χ1) is 17.5. The van der Waals surface area contributed by atoms with Gasteiger partial charge in [0.25, 0.3) is 0 Å². The molecule has 3 aromatic rings. The number of halogens is 1. The van der Waals surface area contributed by atoms with Gasteiger partial charge in [-0.15, -0.1) is 0 Å². The van der Waals surface area contributed by atoms with Crippen LogP contribution in [0.5, 0.6) is 0 Å². The van der Waals surface area contributed by atoms with Gasteiger partial charge >= 0.3 is 0 Å². The molecule has 0 radical (unpaired) electrons. The molecule has 11 heteroatoms. The van der Waals surface area contributed by atoms with Crippen molar-refractivity contribution in [1.29, 1.82) is 0 Å². The van der Waals surface area contributed by atoms with Gasteiger partial charge in [0.1, 0.15) is 9.92 Å². The molecule has 198 valence electrons. The quantitative estimate of drug-likeness (QED) is 0.432. The molecular weight excluding hydrogens is 510 g/mol. The summed E-state index contributed by atoms with van der Waals surface area (Å²) >= 11 is 6.34. The fourth-order valence-electron chi connectivity index (χ4n) is 4.36. The Labute approximate surface area is 224 Å². The summed E-state index contributed by atoms with van der Waals surface area (Å²) < 4.78 is 26.6. The lowest BCUT2D eigenvalue weighted by Crippen LogP contribution is -2.54. The molecule has 4 rings (SSSR count). The van der Waals surface area contributed by atoms with Gasteiger partial charge in [0, 0.05) is 51.5 Å². The number of para-hydroxylation sites is 1. The second-order valence-corrected chi connectivity index (χ2v) is 12.2. The molecule has 1 fully saturated rings. The van der Waals surface area contributed by atoms with Crippen LogP contribution < -0.4 is 10.6 Å². The van der Waals surface area contributed by atoms with Crippen molar-refractivity contribution in [2.24, 2.45) is 0 Å². The molecule has 2 atom stereocenters. The molecule has 0 amide bonds. The van der Waals surface area contributed by atoms with E-state index in [1.807, 2.05) is 12.1 Å². The number of benzene rings is 2. The number of likely N-dealkylation sites (N-methyl/N-ethyl adjacent to an activating group) is 1. The topological polar surface area (TPSA) is 93.7 Å². The van der Waals surface area contributed by atoms with Gasteiger partial charge < -0.3 is 10.6 Å². The Morgan fingerprint density at radius 3 is 2.32 bits per heavy atom. The van der Waals surface area contributed by atoms with Gasteiger partial charge in [0.15, 0.2) is 5.82 Å². The van der Waals surface area contributed by atoms with Crippen molar-refractivity contribution < 1.29 is 8.42 Å². The molecule has 9 nitrogen and oxygen atoms in total. The molecular formula is C26H34ClN7O2S. The maximum absolute atomic E-state index is 12.7. The summed E-state index contributed by atoms with van der Waals surface area (Å²) in [6.07, 6.45) is 1.48. The third-order valence-electron chi connectivity index (χ3n) is 6.69. The van der Waals surface area contributed by atoms with E-state index in [2.05, 4.69) is 63.4 Å². The van der Waals surface area contributed by atoms with Crippen molar-refractivity contribution in [3.63, 3.8) is 0 Å². The molecule has 1 aromatic heterocycles. The Morgan fingerprint density at radius 2 is 1.68 bits per heavy atom. The molecule has 0 saturated carbocycles. The number of aromatic nitrogens is 2. The lowest BCUT2D eigenvalue weighted by atomic mass is 10.1. The molecule has 0 unspecified atom stereocenters. The molecule has 0 bridgehead atoms. The first-order valence-corrected chi connectivity index (χ1v) is 14.0. The van der Waals surface area contributed by atoms with Crippen molar-refractivity contribution in [1.82, 2.24) is 24.1 Å². The predicted octanol–water partition coefficient (Wildman–Crippen LogP) is 4.39. The van der Waals surface area contributed by atoms with Gasteiger partial charge in [0.2, 0.25) is 16.0 Å². The van der Waals surface area contributed by atoms with Crippen molar-refractivity contribution in [2.75, 3.05) is 44.9 Å². The van der Waals surface area contributed by atoms with E-state index in [0.29, 0.717) is 29.5 Å². The second kappa shape index (κ2) is 11.3. The number of anilines is 4. The number of nitrogens with one attached hydrogen (secondary N) is 2. The first kappa shape index (κ1) is 27.3. The zero-order valence-electron chi connectivity index (χ0n) is 21.8. The van der Waals surface area contributed by atoms with Crippen molar-refractivity contribution in [3.05, 3.63) is 65.3 Å². The van der Waals surface area contributed by atoms with Gasteiger partial charge in [-0.25, -0.2) is 17.7 Å². The smallest absolute Gasteiger partial charge is 0.244 e. The number of hydrogen-bond acceptors (Lipinski definition) is 8. The van der Waals surface area contributed by atoms with E-state index in [1.54, 1.807) is 18.2 Å². The maximum atomic E-state index is 12.7. The number of sulfonamides is 1. The van der Waals surface area contributed by atoms with Gasteiger partial charge in [-0.05, 0) is 50.7 Å². The molecule has 2 heterocycles. The van der Waals surface area contributed by atoms with Crippen LogP contribution in [0.15, 0.2) is 59.6 Å². The average molecular weight is 544 g/mol. The maximum Gasteiger partial charge on any atom is 0.244 e. The van der Waals surface area contributed by atoms with E-state index < -0.39 is 10.0 Å². The summed E-state index contributed by atoms with van der Waals surface area (Å²) in [5, 5.41) is 6.53. The normalized spacial score (nSPS) is 19.2. The fourth-order valence-corrected chi connectivity index (χ4v) is 5.54. The molecule has 37 heavy (non-hydrogen) atoms. The highest BCUT2D eigenvalue weighted by molar-refractivity contribution is 7.89. The molecule has 2 N–H and O–H groups in total. The SMILES string of the molecule is C[C@@H]1CN(Cc2ccc(Nc3ncc(Cl)c(Nc4ccccc4S(=O)(=O)N(C)C)n3)cc2)C[C@H](C)N1C.